The molecule has 6 heteroatoms. The van der Waals surface area contributed by atoms with Gasteiger partial charge in [-0.15, -0.1) is 0 Å². The predicted molar refractivity (Wildman–Crippen MR) is 97.7 cm³/mol. The molecule has 0 aromatic heterocycles. The minimum absolute atomic E-state index is 0.0526. The van der Waals surface area contributed by atoms with Gasteiger partial charge < -0.3 is 11.1 Å². The van der Waals surface area contributed by atoms with Crippen LogP contribution in [0.1, 0.15) is 44.7 Å². The zero-order chi connectivity index (χ0) is 18.3. The van der Waals surface area contributed by atoms with Gasteiger partial charge in [0.05, 0.1) is 5.92 Å². The first-order valence-corrected chi connectivity index (χ1v) is 9.01. The Labute approximate surface area is 147 Å². The predicted octanol–water partition coefficient (Wildman–Crippen LogP) is 2.24. The van der Waals surface area contributed by atoms with E-state index in [1.807, 2.05) is 31.2 Å². The van der Waals surface area contributed by atoms with Crippen LogP contribution in [0.4, 0.5) is 0 Å². The number of carbonyl (C=O) groups excluding carboxylic acids is 3. The molecular formula is C18H26N2O3S. The first kappa shape index (κ1) is 20.2. The van der Waals surface area contributed by atoms with Gasteiger partial charge in [-0.3, -0.25) is 14.4 Å². The first-order valence-electron chi connectivity index (χ1n) is 8.02. The fourth-order valence-corrected chi connectivity index (χ4v) is 3.25. The number of thioether (sulfide) groups is 1. The number of carbonyl (C=O) groups is 3. The average molecular weight is 350 g/mol. The second-order valence-corrected chi connectivity index (χ2v) is 7.37. The molecule has 0 aliphatic rings. The highest BCUT2D eigenvalue weighted by molar-refractivity contribution is 8.13. The Hall–Kier alpha value is -1.82. The molecule has 2 amide bonds. The Morgan fingerprint density at radius 1 is 1.12 bits per heavy atom. The second-order valence-electron chi connectivity index (χ2n) is 6.35. The van der Waals surface area contributed by atoms with Crippen molar-refractivity contribution in [1.82, 2.24) is 5.32 Å². The van der Waals surface area contributed by atoms with Crippen LogP contribution in [0.25, 0.3) is 0 Å². The maximum atomic E-state index is 12.3. The molecule has 1 aromatic carbocycles. The van der Waals surface area contributed by atoms with Gasteiger partial charge in [0, 0.05) is 12.7 Å². The number of hydrogen-bond acceptors (Lipinski definition) is 4. The van der Waals surface area contributed by atoms with Crippen LogP contribution in [0.5, 0.6) is 0 Å². The summed E-state index contributed by atoms with van der Waals surface area (Å²) in [6.07, 6.45) is 1.01. The van der Waals surface area contributed by atoms with Crippen LogP contribution in [0.3, 0.4) is 0 Å². The summed E-state index contributed by atoms with van der Waals surface area (Å²) in [5.41, 5.74) is 7.43. The average Bonchev–Trinajstić information content (AvgIpc) is 2.50. The van der Waals surface area contributed by atoms with Crippen molar-refractivity contribution in [3.8, 4) is 0 Å². The number of hydrogen-bond donors (Lipinski definition) is 2. The molecule has 3 N–H and O–H groups in total. The van der Waals surface area contributed by atoms with E-state index >= 15 is 0 Å². The molecule has 0 saturated carbocycles. The van der Waals surface area contributed by atoms with Gasteiger partial charge in [-0.05, 0) is 23.5 Å². The fourth-order valence-electron chi connectivity index (χ4n) is 2.28. The van der Waals surface area contributed by atoms with Crippen molar-refractivity contribution in [3.63, 3.8) is 0 Å². The molecule has 0 saturated heterocycles. The Bertz CT molecular complexity index is 584. The van der Waals surface area contributed by atoms with Crippen molar-refractivity contribution in [3.05, 3.63) is 35.4 Å². The number of amides is 2. The lowest BCUT2D eigenvalue weighted by Crippen LogP contribution is -2.45. The highest BCUT2D eigenvalue weighted by atomic mass is 32.2. The van der Waals surface area contributed by atoms with Gasteiger partial charge in [0.25, 0.3) is 0 Å². The van der Waals surface area contributed by atoms with Crippen molar-refractivity contribution in [2.75, 3.05) is 5.75 Å². The Morgan fingerprint density at radius 3 is 2.17 bits per heavy atom. The van der Waals surface area contributed by atoms with Gasteiger partial charge in [-0.25, -0.2) is 0 Å². The van der Waals surface area contributed by atoms with E-state index in [1.165, 1.54) is 12.5 Å². The van der Waals surface area contributed by atoms with E-state index in [4.69, 9.17) is 5.73 Å². The third-order valence-electron chi connectivity index (χ3n) is 3.59. The molecule has 132 valence electrons. The lowest BCUT2D eigenvalue weighted by Gasteiger charge is -2.15. The second kappa shape index (κ2) is 9.47. The maximum absolute atomic E-state index is 12.3. The molecule has 0 heterocycles. The van der Waals surface area contributed by atoms with E-state index < -0.39 is 11.9 Å². The van der Waals surface area contributed by atoms with Crippen LogP contribution in [0.2, 0.25) is 0 Å². The maximum Gasteiger partial charge on any atom is 0.240 e. The van der Waals surface area contributed by atoms with E-state index in [0.717, 1.165) is 23.7 Å². The number of nitrogens with two attached hydrogens (primary N) is 1. The van der Waals surface area contributed by atoms with Crippen LogP contribution >= 0.6 is 11.8 Å². The summed E-state index contributed by atoms with van der Waals surface area (Å²) in [6.45, 7) is 7.48. The molecule has 0 aliphatic heterocycles. The Balaban J connectivity index is 2.63. The molecular weight excluding hydrogens is 324 g/mol. The number of benzene rings is 1. The van der Waals surface area contributed by atoms with Gasteiger partial charge >= 0.3 is 0 Å². The van der Waals surface area contributed by atoms with Crippen molar-refractivity contribution in [2.24, 2.45) is 11.7 Å². The minimum Gasteiger partial charge on any atom is -0.368 e. The molecule has 2 atom stereocenters. The van der Waals surface area contributed by atoms with Crippen molar-refractivity contribution in [2.45, 2.75) is 46.1 Å². The van der Waals surface area contributed by atoms with E-state index in [1.54, 1.807) is 0 Å². The van der Waals surface area contributed by atoms with Crippen molar-refractivity contribution in [1.29, 1.82) is 0 Å². The monoisotopic (exact) mass is 350 g/mol. The molecule has 0 bridgehead atoms. The quantitative estimate of drug-likeness (QED) is 0.752. The third kappa shape index (κ3) is 6.74. The van der Waals surface area contributed by atoms with E-state index in [0.29, 0.717) is 5.92 Å². The summed E-state index contributed by atoms with van der Waals surface area (Å²) in [4.78, 5) is 34.7. The number of rotatable bonds is 8. The van der Waals surface area contributed by atoms with Crippen LogP contribution in [-0.4, -0.2) is 28.7 Å². The summed E-state index contributed by atoms with van der Waals surface area (Å²) in [7, 11) is 0. The normalized spacial score (nSPS) is 13.4. The fraction of sp³-hybridized carbons (Fsp3) is 0.500. The number of primary amides is 1. The van der Waals surface area contributed by atoms with Gasteiger partial charge in [-0.2, -0.15) is 0 Å². The van der Waals surface area contributed by atoms with Gasteiger partial charge in [0.1, 0.15) is 6.04 Å². The molecule has 1 rings (SSSR count). The van der Waals surface area contributed by atoms with Crippen LogP contribution in [0.15, 0.2) is 24.3 Å². The van der Waals surface area contributed by atoms with Gasteiger partial charge in [0.15, 0.2) is 5.12 Å². The van der Waals surface area contributed by atoms with Gasteiger partial charge in [0.2, 0.25) is 11.8 Å². The van der Waals surface area contributed by atoms with Crippen molar-refractivity contribution < 1.29 is 14.4 Å². The summed E-state index contributed by atoms with van der Waals surface area (Å²) >= 11 is 1.02. The molecule has 0 radical (unpaired) electrons. The summed E-state index contributed by atoms with van der Waals surface area (Å²) in [5.74, 6) is -0.542. The SMILES string of the molecule is CC(=O)NC(CSC(=O)[C@H](C)c1ccc(CC(C)C)cc1)C(N)=O. The largest absolute Gasteiger partial charge is 0.368 e. The third-order valence-corrected chi connectivity index (χ3v) is 4.73. The first-order chi connectivity index (χ1) is 11.2. The molecule has 5 nitrogen and oxygen atoms in total. The van der Waals surface area contributed by atoms with Crippen LogP contribution < -0.4 is 11.1 Å². The minimum atomic E-state index is -0.836. The van der Waals surface area contributed by atoms with E-state index in [-0.39, 0.29) is 22.7 Å². The molecule has 0 aliphatic carbocycles. The smallest absolute Gasteiger partial charge is 0.240 e. The Kier molecular flexibility index (Phi) is 7.98. The van der Waals surface area contributed by atoms with Crippen LogP contribution in [0, 0.1) is 5.92 Å². The topological polar surface area (TPSA) is 89.3 Å². The zero-order valence-electron chi connectivity index (χ0n) is 14.7. The lowest BCUT2D eigenvalue weighted by atomic mass is 9.97. The van der Waals surface area contributed by atoms with Crippen LogP contribution in [-0.2, 0) is 20.8 Å². The summed E-state index contributed by atoms with van der Waals surface area (Å²) in [5, 5.41) is 2.40. The Morgan fingerprint density at radius 2 is 1.71 bits per heavy atom. The molecule has 1 aromatic rings. The zero-order valence-corrected chi connectivity index (χ0v) is 15.5. The van der Waals surface area contributed by atoms with Crippen molar-refractivity contribution >= 4 is 28.7 Å². The summed E-state index contributed by atoms with van der Waals surface area (Å²) < 4.78 is 0. The highest BCUT2D eigenvalue weighted by Gasteiger charge is 2.21. The standard InChI is InChI=1S/C18H26N2O3S/c1-11(2)9-14-5-7-15(8-6-14)12(3)18(23)24-10-16(17(19)22)20-13(4)21/h5-8,11-12,16H,9-10H2,1-4H3,(H2,19,22)(H,20,21)/t12-,16?/m1/s1. The molecule has 0 fully saturated rings. The highest BCUT2D eigenvalue weighted by Crippen LogP contribution is 2.23. The summed E-state index contributed by atoms with van der Waals surface area (Å²) in [6, 6.07) is 7.21. The molecule has 1 unspecified atom stereocenters. The van der Waals surface area contributed by atoms with E-state index in [2.05, 4.69) is 19.2 Å². The van der Waals surface area contributed by atoms with E-state index in [9.17, 15) is 14.4 Å². The number of nitrogens with one attached hydrogen (secondary N) is 1. The van der Waals surface area contributed by atoms with Gasteiger partial charge in [-0.1, -0.05) is 56.8 Å². The lowest BCUT2D eigenvalue weighted by molar-refractivity contribution is -0.125. The molecule has 24 heavy (non-hydrogen) atoms. The molecule has 0 spiro atoms.